The SMILES string of the molecule is CCOc1ccc(C(O)C(NC)C(C)C)cc1C. The van der Waals surface area contributed by atoms with Crippen molar-refractivity contribution in [3.63, 3.8) is 0 Å². The number of hydrogen-bond donors (Lipinski definition) is 2. The van der Waals surface area contributed by atoms with Gasteiger partial charge in [-0.25, -0.2) is 0 Å². The van der Waals surface area contributed by atoms with Gasteiger partial charge in [0.15, 0.2) is 0 Å². The van der Waals surface area contributed by atoms with Gasteiger partial charge in [-0.1, -0.05) is 19.9 Å². The molecular weight excluding hydrogens is 226 g/mol. The first kappa shape index (κ1) is 15.0. The largest absolute Gasteiger partial charge is 0.494 e. The summed E-state index contributed by atoms with van der Waals surface area (Å²) in [6.45, 7) is 8.84. The van der Waals surface area contributed by atoms with Gasteiger partial charge in [-0.2, -0.15) is 0 Å². The smallest absolute Gasteiger partial charge is 0.122 e. The fraction of sp³-hybridized carbons (Fsp3) is 0.600. The van der Waals surface area contributed by atoms with Gasteiger partial charge in [-0.3, -0.25) is 0 Å². The van der Waals surface area contributed by atoms with Crippen LogP contribution in [0.5, 0.6) is 5.75 Å². The van der Waals surface area contributed by atoms with Crippen molar-refractivity contribution in [1.29, 1.82) is 0 Å². The average Bonchev–Trinajstić information content (AvgIpc) is 2.32. The highest BCUT2D eigenvalue weighted by Crippen LogP contribution is 2.26. The normalized spacial score (nSPS) is 14.6. The van der Waals surface area contributed by atoms with Crippen LogP contribution in [-0.2, 0) is 0 Å². The highest BCUT2D eigenvalue weighted by atomic mass is 16.5. The van der Waals surface area contributed by atoms with Gasteiger partial charge >= 0.3 is 0 Å². The fourth-order valence-corrected chi connectivity index (χ4v) is 2.24. The van der Waals surface area contributed by atoms with Crippen molar-refractivity contribution < 1.29 is 9.84 Å². The molecule has 0 aliphatic carbocycles. The molecule has 0 heterocycles. The summed E-state index contributed by atoms with van der Waals surface area (Å²) in [4.78, 5) is 0. The van der Waals surface area contributed by atoms with Crippen molar-refractivity contribution in [3.8, 4) is 5.75 Å². The van der Waals surface area contributed by atoms with Crippen molar-refractivity contribution in [3.05, 3.63) is 29.3 Å². The molecule has 0 saturated heterocycles. The maximum absolute atomic E-state index is 10.4. The molecule has 0 spiro atoms. The second kappa shape index (κ2) is 6.76. The Labute approximate surface area is 110 Å². The predicted molar refractivity (Wildman–Crippen MR) is 75.0 cm³/mol. The topological polar surface area (TPSA) is 41.5 Å². The second-order valence-electron chi connectivity index (χ2n) is 4.96. The zero-order chi connectivity index (χ0) is 13.7. The third kappa shape index (κ3) is 3.47. The van der Waals surface area contributed by atoms with E-state index in [1.807, 2.05) is 39.1 Å². The lowest BCUT2D eigenvalue weighted by Gasteiger charge is -2.26. The van der Waals surface area contributed by atoms with E-state index in [1.54, 1.807) is 0 Å². The Balaban J connectivity index is 2.92. The van der Waals surface area contributed by atoms with E-state index in [2.05, 4.69) is 19.2 Å². The quantitative estimate of drug-likeness (QED) is 0.816. The molecule has 0 aromatic heterocycles. The molecule has 0 amide bonds. The summed E-state index contributed by atoms with van der Waals surface area (Å²) in [5.74, 6) is 1.26. The molecule has 3 heteroatoms. The van der Waals surface area contributed by atoms with E-state index in [-0.39, 0.29) is 6.04 Å². The molecule has 2 atom stereocenters. The lowest BCUT2D eigenvalue weighted by Crippen LogP contribution is -2.36. The summed E-state index contributed by atoms with van der Waals surface area (Å²) < 4.78 is 5.51. The molecule has 18 heavy (non-hydrogen) atoms. The Kier molecular flexibility index (Phi) is 5.63. The minimum absolute atomic E-state index is 0.0577. The Bertz CT molecular complexity index is 377. The van der Waals surface area contributed by atoms with E-state index in [0.29, 0.717) is 12.5 Å². The van der Waals surface area contributed by atoms with E-state index in [1.165, 1.54) is 0 Å². The van der Waals surface area contributed by atoms with Crippen molar-refractivity contribution in [1.82, 2.24) is 5.32 Å². The maximum atomic E-state index is 10.4. The zero-order valence-corrected chi connectivity index (χ0v) is 12.0. The summed E-state index contributed by atoms with van der Waals surface area (Å²) >= 11 is 0. The maximum Gasteiger partial charge on any atom is 0.122 e. The van der Waals surface area contributed by atoms with E-state index in [4.69, 9.17) is 4.74 Å². The van der Waals surface area contributed by atoms with Crippen LogP contribution in [0.3, 0.4) is 0 Å². The molecule has 0 bridgehead atoms. The van der Waals surface area contributed by atoms with Crippen molar-refractivity contribution in [2.45, 2.75) is 39.8 Å². The molecule has 3 nitrogen and oxygen atoms in total. The van der Waals surface area contributed by atoms with E-state index in [9.17, 15) is 5.11 Å². The van der Waals surface area contributed by atoms with Crippen LogP contribution in [-0.4, -0.2) is 24.8 Å². The van der Waals surface area contributed by atoms with E-state index < -0.39 is 6.10 Å². The summed E-state index contributed by atoms with van der Waals surface area (Å²) in [6.07, 6.45) is -0.496. The number of aliphatic hydroxyl groups is 1. The third-order valence-electron chi connectivity index (χ3n) is 3.23. The molecule has 102 valence electrons. The monoisotopic (exact) mass is 251 g/mol. The lowest BCUT2D eigenvalue weighted by atomic mass is 9.93. The molecule has 2 N–H and O–H groups in total. The first-order chi connectivity index (χ1) is 8.51. The van der Waals surface area contributed by atoms with Crippen molar-refractivity contribution in [2.24, 2.45) is 5.92 Å². The standard InChI is InChI=1S/C15H25NO2/c1-6-18-13-8-7-12(9-11(13)4)15(17)14(16-5)10(2)3/h7-10,14-17H,6H2,1-5H3. The number of nitrogens with one attached hydrogen (secondary N) is 1. The van der Waals surface area contributed by atoms with Gasteiger partial charge in [-0.05, 0) is 50.1 Å². The van der Waals surface area contributed by atoms with Gasteiger partial charge in [0.1, 0.15) is 5.75 Å². The fourth-order valence-electron chi connectivity index (χ4n) is 2.24. The molecule has 2 unspecified atom stereocenters. The molecule has 0 aliphatic rings. The van der Waals surface area contributed by atoms with Gasteiger partial charge in [0.2, 0.25) is 0 Å². The number of rotatable bonds is 6. The number of aliphatic hydroxyl groups excluding tert-OH is 1. The number of benzene rings is 1. The van der Waals surface area contributed by atoms with E-state index in [0.717, 1.165) is 16.9 Å². The summed E-state index contributed by atoms with van der Waals surface area (Å²) in [6, 6.07) is 5.93. The van der Waals surface area contributed by atoms with Crippen LogP contribution >= 0.6 is 0 Å². The summed E-state index contributed by atoms with van der Waals surface area (Å²) in [5, 5.41) is 13.6. The highest BCUT2D eigenvalue weighted by molar-refractivity contribution is 5.37. The minimum atomic E-state index is -0.496. The first-order valence-corrected chi connectivity index (χ1v) is 6.59. The Morgan fingerprint density at radius 1 is 1.33 bits per heavy atom. The van der Waals surface area contributed by atoms with E-state index >= 15 is 0 Å². The van der Waals surface area contributed by atoms with Gasteiger partial charge in [-0.15, -0.1) is 0 Å². The molecule has 0 radical (unpaired) electrons. The van der Waals surface area contributed by atoms with Crippen LogP contribution in [0.25, 0.3) is 0 Å². The van der Waals surface area contributed by atoms with Crippen LogP contribution in [0.15, 0.2) is 18.2 Å². The molecule has 0 aliphatic heterocycles. The van der Waals surface area contributed by atoms with Crippen LogP contribution < -0.4 is 10.1 Å². The summed E-state index contributed by atoms with van der Waals surface area (Å²) in [5.41, 5.74) is 2.00. The van der Waals surface area contributed by atoms with Crippen LogP contribution in [0.4, 0.5) is 0 Å². The predicted octanol–water partition coefficient (Wildman–Crippen LogP) is 2.67. The van der Waals surface area contributed by atoms with Gasteiger partial charge in [0.05, 0.1) is 12.7 Å². The number of likely N-dealkylation sites (N-methyl/N-ethyl adjacent to an activating group) is 1. The molecule has 1 rings (SSSR count). The first-order valence-electron chi connectivity index (χ1n) is 6.59. The lowest BCUT2D eigenvalue weighted by molar-refractivity contribution is 0.109. The molecule has 1 aromatic rings. The highest BCUT2D eigenvalue weighted by Gasteiger charge is 2.22. The Morgan fingerprint density at radius 2 is 2.00 bits per heavy atom. The number of aryl methyl sites for hydroxylation is 1. The van der Waals surface area contributed by atoms with Crippen molar-refractivity contribution in [2.75, 3.05) is 13.7 Å². The van der Waals surface area contributed by atoms with Crippen molar-refractivity contribution >= 4 is 0 Å². The Hall–Kier alpha value is -1.06. The minimum Gasteiger partial charge on any atom is -0.494 e. The molecular formula is C15H25NO2. The Morgan fingerprint density at radius 3 is 2.44 bits per heavy atom. The van der Waals surface area contributed by atoms with Crippen LogP contribution in [0.1, 0.15) is 38.0 Å². The summed E-state index contributed by atoms with van der Waals surface area (Å²) in [7, 11) is 1.88. The van der Waals surface area contributed by atoms with Gasteiger partial charge < -0.3 is 15.2 Å². The number of hydrogen-bond acceptors (Lipinski definition) is 3. The van der Waals surface area contributed by atoms with Gasteiger partial charge in [0, 0.05) is 6.04 Å². The molecule has 1 aromatic carbocycles. The van der Waals surface area contributed by atoms with Gasteiger partial charge in [0.25, 0.3) is 0 Å². The zero-order valence-electron chi connectivity index (χ0n) is 12.0. The molecule has 0 fully saturated rings. The second-order valence-corrected chi connectivity index (χ2v) is 4.96. The van der Waals surface area contributed by atoms with Crippen LogP contribution in [0.2, 0.25) is 0 Å². The average molecular weight is 251 g/mol. The van der Waals surface area contributed by atoms with Crippen LogP contribution in [0, 0.1) is 12.8 Å². The number of ether oxygens (including phenoxy) is 1. The molecule has 0 saturated carbocycles. The third-order valence-corrected chi connectivity index (χ3v) is 3.23.